The Bertz CT molecular complexity index is 602. The molecule has 0 spiro atoms. The molecule has 0 amide bonds. The minimum absolute atomic E-state index is 0.0338. The Kier molecular flexibility index (Phi) is 4.02. The van der Waals surface area contributed by atoms with E-state index in [2.05, 4.69) is 0 Å². The summed E-state index contributed by atoms with van der Waals surface area (Å²) in [5.74, 6) is -0.991. The number of halogens is 3. The number of rotatable bonds is 3. The summed E-state index contributed by atoms with van der Waals surface area (Å²) in [7, 11) is 1.49. The van der Waals surface area contributed by atoms with Gasteiger partial charge in [0.2, 0.25) is 0 Å². The molecular formula is C14H11ClF2O2. The molecule has 0 fully saturated rings. The molecule has 5 heteroatoms. The first-order valence-corrected chi connectivity index (χ1v) is 5.87. The third-order valence-corrected chi connectivity index (χ3v) is 3.09. The van der Waals surface area contributed by atoms with Crippen LogP contribution in [0.25, 0.3) is 0 Å². The van der Waals surface area contributed by atoms with Crippen molar-refractivity contribution < 1.29 is 18.6 Å². The molecule has 0 radical (unpaired) electrons. The number of benzene rings is 2. The summed E-state index contributed by atoms with van der Waals surface area (Å²) in [5, 5.41) is 10.4. The van der Waals surface area contributed by atoms with Crippen molar-refractivity contribution in [3.63, 3.8) is 0 Å². The molecule has 1 unspecified atom stereocenters. The zero-order valence-electron chi connectivity index (χ0n) is 10.0. The van der Waals surface area contributed by atoms with Crippen LogP contribution in [-0.2, 0) is 0 Å². The topological polar surface area (TPSA) is 29.5 Å². The number of aliphatic hydroxyl groups excluding tert-OH is 1. The summed E-state index contributed by atoms with van der Waals surface area (Å²) in [6.45, 7) is 0. The fourth-order valence-corrected chi connectivity index (χ4v) is 2.02. The summed E-state index contributed by atoms with van der Waals surface area (Å²) in [6.07, 6.45) is -1.26. The van der Waals surface area contributed by atoms with Crippen LogP contribution in [0, 0.1) is 11.6 Å². The molecular weight excluding hydrogens is 274 g/mol. The Morgan fingerprint density at radius 2 is 1.79 bits per heavy atom. The van der Waals surface area contributed by atoms with E-state index in [1.54, 1.807) is 6.07 Å². The van der Waals surface area contributed by atoms with E-state index in [9.17, 15) is 13.9 Å². The smallest absolute Gasteiger partial charge is 0.132 e. The van der Waals surface area contributed by atoms with Gasteiger partial charge in [0.15, 0.2) is 0 Å². The maximum absolute atomic E-state index is 13.6. The lowest BCUT2D eigenvalue weighted by Crippen LogP contribution is -2.04. The molecule has 19 heavy (non-hydrogen) atoms. The van der Waals surface area contributed by atoms with Gasteiger partial charge in [-0.05, 0) is 18.2 Å². The average Bonchev–Trinajstić information content (AvgIpc) is 2.37. The molecule has 1 N–H and O–H groups in total. The van der Waals surface area contributed by atoms with Crippen LogP contribution in [0.15, 0.2) is 36.4 Å². The maximum atomic E-state index is 13.6. The lowest BCUT2D eigenvalue weighted by Gasteiger charge is -2.14. The minimum atomic E-state index is -1.26. The van der Waals surface area contributed by atoms with E-state index in [1.807, 2.05) is 0 Å². The van der Waals surface area contributed by atoms with Crippen molar-refractivity contribution in [3.05, 3.63) is 64.2 Å². The minimum Gasteiger partial charge on any atom is -0.497 e. The number of aliphatic hydroxyl groups is 1. The highest BCUT2D eigenvalue weighted by Crippen LogP contribution is 2.32. The highest BCUT2D eigenvalue weighted by molar-refractivity contribution is 6.31. The third kappa shape index (κ3) is 2.85. The molecule has 2 nitrogen and oxygen atoms in total. The van der Waals surface area contributed by atoms with Gasteiger partial charge in [-0.3, -0.25) is 0 Å². The standard InChI is InChI=1S/C14H11ClF2O2/c1-19-9-3-5-10(12(15)7-9)14(18)11-4-2-8(16)6-13(11)17/h2-7,14,18H,1H3. The molecule has 2 aromatic carbocycles. The summed E-state index contributed by atoms with van der Waals surface area (Å²) in [5.41, 5.74) is 0.293. The predicted molar refractivity (Wildman–Crippen MR) is 68.4 cm³/mol. The van der Waals surface area contributed by atoms with Gasteiger partial charge >= 0.3 is 0 Å². The predicted octanol–water partition coefficient (Wildman–Crippen LogP) is 3.71. The molecule has 0 aliphatic rings. The van der Waals surface area contributed by atoms with Crippen LogP contribution in [0.4, 0.5) is 8.78 Å². The lowest BCUT2D eigenvalue weighted by molar-refractivity contribution is 0.214. The zero-order valence-corrected chi connectivity index (χ0v) is 10.8. The van der Waals surface area contributed by atoms with Gasteiger partial charge in [0.25, 0.3) is 0 Å². The molecule has 0 saturated heterocycles. The van der Waals surface area contributed by atoms with Crippen molar-refractivity contribution in [1.82, 2.24) is 0 Å². The highest BCUT2D eigenvalue weighted by Gasteiger charge is 2.18. The van der Waals surface area contributed by atoms with Gasteiger partial charge in [0.1, 0.15) is 23.5 Å². The van der Waals surface area contributed by atoms with Crippen LogP contribution in [0.3, 0.4) is 0 Å². The van der Waals surface area contributed by atoms with Crippen LogP contribution in [0.1, 0.15) is 17.2 Å². The summed E-state index contributed by atoms with van der Waals surface area (Å²) in [4.78, 5) is 0. The number of hydrogen-bond donors (Lipinski definition) is 1. The monoisotopic (exact) mass is 284 g/mol. The van der Waals surface area contributed by atoms with Crippen molar-refractivity contribution in [2.75, 3.05) is 7.11 Å². The summed E-state index contributed by atoms with van der Waals surface area (Å²) < 4.78 is 31.4. The Morgan fingerprint density at radius 1 is 1.11 bits per heavy atom. The molecule has 0 bridgehead atoms. The first kappa shape index (κ1) is 13.8. The quantitative estimate of drug-likeness (QED) is 0.931. The number of hydrogen-bond acceptors (Lipinski definition) is 2. The fourth-order valence-electron chi connectivity index (χ4n) is 1.75. The Labute approximate surface area is 114 Å². The van der Waals surface area contributed by atoms with Crippen molar-refractivity contribution in [2.45, 2.75) is 6.10 Å². The van der Waals surface area contributed by atoms with Crippen molar-refractivity contribution in [3.8, 4) is 5.75 Å². The van der Waals surface area contributed by atoms with Crippen LogP contribution < -0.4 is 4.74 Å². The number of methoxy groups -OCH3 is 1. The lowest BCUT2D eigenvalue weighted by atomic mass is 10.0. The second-order valence-electron chi connectivity index (χ2n) is 3.96. The molecule has 2 aromatic rings. The molecule has 0 aromatic heterocycles. The SMILES string of the molecule is COc1ccc(C(O)c2ccc(F)cc2F)c(Cl)c1. The fraction of sp³-hybridized carbons (Fsp3) is 0.143. The molecule has 0 heterocycles. The van der Waals surface area contributed by atoms with E-state index in [0.29, 0.717) is 11.3 Å². The largest absolute Gasteiger partial charge is 0.497 e. The Balaban J connectivity index is 2.41. The molecule has 1 atom stereocenters. The van der Waals surface area contributed by atoms with Crippen LogP contribution in [-0.4, -0.2) is 12.2 Å². The van der Waals surface area contributed by atoms with E-state index in [1.165, 1.54) is 25.3 Å². The summed E-state index contributed by atoms with van der Waals surface area (Å²) >= 11 is 6.00. The van der Waals surface area contributed by atoms with Gasteiger partial charge in [0, 0.05) is 17.2 Å². The van der Waals surface area contributed by atoms with E-state index in [4.69, 9.17) is 16.3 Å². The van der Waals surface area contributed by atoms with E-state index < -0.39 is 17.7 Å². The van der Waals surface area contributed by atoms with E-state index >= 15 is 0 Å². The molecule has 0 aliphatic heterocycles. The van der Waals surface area contributed by atoms with Crippen LogP contribution in [0.5, 0.6) is 5.75 Å². The van der Waals surface area contributed by atoms with Crippen LogP contribution >= 0.6 is 11.6 Å². The zero-order chi connectivity index (χ0) is 14.0. The molecule has 2 rings (SSSR count). The Morgan fingerprint density at radius 3 is 2.37 bits per heavy atom. The maximum Gasteiger partial charge on any atom is 0.132 e. The highest BCUT2D eigenvalue weighted by atomic mass is 35.5. The van der Waals surface area contributed by atoms with Crippen molar-refractivity contribution in [2.24, 2.45) is 0 Å². The van der Waals surface area contributed by atoms with Gasteiger partial charge in [-0.15, -0.1) is 0 Å². The molecule has 0 aliphatic carbocycles. The average molecular weight is 285 g/mol. The van der Waals surface area contributed by atoms with Gasteiger partial charge < -0.3 is 9.84 Å². The van der Waals surface area contributed by atoms with Gasteiger partial charge in [-0.25, -0.2) is 8.78 Å². The van der Waals surface area contributed by atoms with Gasteiger partial charge in [-0.1, -0.05) is 23.7 Å². The first-order chi connectivity index (χ1) is 9.02. The summed E-state index contributed by atoms with van der Waals surface area (Å²) in [6, 6.07) is 7.65. The normalized spacial score (nSPS) is 12.3. The van der Waals surface area contributed by atoms with Crippen LogP contribution in [0.2, 0.25) is 5.02 Å². The Hall–Kier alpha value is -1.65. The van der Waals surface area contributed by atoms with Crippen molar-refractivity contribution in [1.29, 1.82) is 0 Å². The second-order valence-corrected chi connectivity index (χ2v) is 4.36. The molecule has 0 saturated carbocycles. The van der Waals surface area contributed by atoms with Gasteiger partial charge in [-0.2, -0.15) is 0 Å². The third-order valence-electron chi connectivity index (χ3n) is 2.76. The number of ether oxygens (including phenoxy) is 1. The second kappa shape index (κ2) is 5.55. The van der Waals surface area contributed by atoms with Gasteiger partial charge in [0.05, 0.1) is 12.1 Å². The van der Waals surface area contributed by atoms with E-state index in [0.717, 1.165) is 12.1 Å². The van der Waals surface area contributed by atoms with E-state index in [-0.39, 0.29) is 10.6 Å². The molecule has 100 valence electrons. The van der Waals surface area contributed by atoms with Crippen molar-refractivity contribution >= 4 is 11.6 Å². The first-order valence-electron chi connectivity index (χ1n) is 5.49.